The highest BCUT2D eigenvalue weighted by Crippen LogP contribution is 2.24. The fourth-order valence-electron chi connectivity index (χ4n) is 2.29. The molecule has 2 N–H and O–H groups in total. The molecule has 1 aromatic heterocycles. The third-order valence-corrected chi connectivity index (χ3v) is 5.25. The van der Waals surface area contributed by atoms with Crippen LogP contribution in [0.3, 0.4) is 0 Å². The molecule has 27 heavy (non-hydrogen) atoms. The van der Waals surface area contributed by atoms with Crippen molar-refractivity contribution in [3.63, 3.8) is 0 Å². The summed E-state index contributed by atoms with van der Waals surface area (Å²) >= 11 is 7.22. The highest BCUT2D eigenvalue weighted by Gasteiger charge is 2.32. The van der Waals surface area contributed by atoms with Crippen LogP contribution >= 0.6 is 23.4 Å². The number of hydrogen-bond acceptors (Lipinski definition) is 6. The predicted molar refractivity (Wildman–Crippen MR) is 107 cm³/mol. The first-order valence-corrected chi connectivity index (χ1v) is 9.38. The number of thioether (sulfide) groups is 1. The first-order valence-electron chi connectivity index (χ1n) is 8.12. The van der Waals surface area contributed by atoms with Gasteiger partial charge in [0.2, 0.25) is 11.8 Å². The molecule has 1 aliphatic rings. The van der Waals surface area contributed by atoms with Crippen LogP contribution in [-0.2, 0) is 9.59 Å². The second-order valence-corrected chi connectivity index (χ2v) is 7.48. The average Bonchev–Trinajstić information content (AvgIpc) is 3.27. The number of carbonyl (C=O) groups is 2. The van der Waals surface area contributed by atoms with E-state index in [-0.39, 0.29) is 18.2 Å². The number of furan rings is 1. The maximum Gasteiger partial charge on any atom is 0.240 e. The van der Waals surface area contributed by atoms with Crippen LogP contribution in [0.15, 0.2) is 51.2 Å². The number of carbonyl (C=O) groups excluding carboxylic acids is 2. The number of nitrogens with zero attached hydrogens (tertiary/aromatic N) is 2. The first-order chi connectivity index (χ1) is 12.9. The lowest BCUT2D eigenvalue weighted by molar-refractivity contribution is -0.122. The summed E-state index contributed by atoms with van der Waals surface area (Å²) in [6.07, 6.45) is 1.56. The van der Waals surface area contributed by atoms with E-state index in [0.29, 0.717) is 27.3 Å². The molecule has 0 aliphatic carbocycles. The number of aryl methyl sites for hydroxylation is 1. The van der Waals surface area contributed by atoms with E-state index < -0.39 is 5.25 Å². The van der Waals surface area contributed by atoms with Gasteiger partial charge in [0.15, 0.2) is 5.17 Å². The van der Waals surface area contributed by atoms with E-state index in [4.69, 9.17) is 16.0 Å². The van der Waals surface area contributed by atoms with Gasteiger partial charge in [0.1, 0.15) is 16.7 Å². The number of halogens is 1. The molecule has 9 heteroatoms. The molecule has 7 nitrogen and oxygen atoms in total. The van der Waals surface area contributed by atoms with Gasteiger partial charge in [-0.1, -0.05) is 29.4 Å². The molecule has 1 fully saturated rings. The third kappa shape index (κ3) is 4.99. The van der Waals surface area contributed by atoms with Crippen LogP contribution in [0.25, 0.3) is 0 Å². The van der Waals surface area contributed by atoms with E-state index in [1.54, 1.807) is 37.5 Å². The molecule has 0 unspecified atom stereocenters. The molecule has 140 valence electrons. The monoisotopic (exact) mass is 404 g/mol. The SMILES string of the molecule is C/C(=N\N=C1/NC(=O)[C@H](CC(=O)Nc2ccc(C)c(Cl)c2)S1)c1ccco1. The van der Waals surface area contributed by atoms with E-state index >= 15 is 0 Å². The number of rotatable bonds is 5. The minimum Gasteiger partial charge on any atom is -0.463 e. The second-order valence-electron chi connectivity index (χ2n) is 5.88. The van der Waals surface area contributed by atoms with Gasteiger partial charge in [0, 0.05) is 17.1 Å². The summed E-state index contributed by atoms with van der Waals surface area (Å²) in [6, 6.07) is 8.78. The smallest absolute Gasteiger partial charge is 0.240 e. The van der Waals surface area contributed by atoms with Gasteiger partial charge < -0.3 is 15.1 Å². The Kier molecular flexibility index (Phi) is 5.98. The number of anilines is 1. The molecule has 1 saturated heterocycles. The number of amides is 2. The molecule has 3 rings (SSSR count). The summed E-state index contributed by atoms with van der Waals surface area (Å²) in [5, 5.41) is 13.8. The summed E-state index contributed by atoms with van der Waals surface area (Å²) in [5.41, 5.74) is 2.10. The minimum atomic E-state index is -0.566. The molecule has 2 amide bonds. The average molecular weight is 405 g/mol. The quantitative estimate of drug-likeness (QED) is 0.588. The highest BCUT2D eigenvalue weighted by molar-refractivity contribution is 8.15. The lowest BCUT2D eigenvalue weighted by Gasteiger charge is -2.08. The van der Waals surface area contributed by atoms with Crippen molar-refractivity contribution in [3.05, 3.63) is 52.9 Å². The summed E-state index contributed by atoms with van der Waals surface area (Å²) in [6.45, 7) is 3.63. The second kappa shape index (κ2) is 8.41. The van der Waals surface area contributed by atoms with Crippen LogP contribution in [0.4, 0.5) is 5.69 Å². The predicted octanol–water partition coefficient (Wildman–Crippen LogP) is 3.58. The molecule has 0 bridgehead atoms. The van der Waals surface area contributed by atoms with Crippen LogP contribution in [0.2, 0.25) is 5.02 Å². The standard InChI is InChI=1S/C18H17ClN4O3S/c1-10-5-6-12(8-13(10)19)20-16(24)9-15-17(25)21-18(27-15)23-22-11(2)14-4-3-7-26-14/h3-8,15H,9H2,1-2H3,(H,20,24)(H,21,23,25)/b22-11+/t15-/m0/s1. The minimum absolute atomic E-state index is 0.0158. The van der Waals surface area contributed by atoms with Gasteiger partial charge in [-0.2, -0.15) is 0 Å². The van der Waals surface area contributed by atoms with Gasteiger partial charge in [0.05, 0.1) is 6.26 Å². The first kappa shape index (κ1) is 19.2. The van der Waals surface area contributed by atoms with Crippen molar-refractivity contribution >= 4 is 51.7 Å². The third-order valence-electron chi connectivity index (χ3n) is 3.77. The van der Waals surface area contributed by atoms with E-state index in [2.05, 4.69) is 20.8 Å². The van der Waals surface area contributed by atoms with Gasteiger partial charge >= 0.3 is 0 Å². The number of amidine groups is 1. The van der Waals surface area contributed by atoms with Crippen molar-refractivity contribution < 1.29 is 14.0 Å². The lowest BCUT2D eigenvalue weighted by atomic mass is 10.2. The Morgan fingerprint density at radius 1 is 1.41 bits per heavy atom. The van der Waals surface area contributed by atoms with E-state index in [0.717, 1.165) is 5.56 Å². The van der Waals surface area contributed by atoms with Gasteiger partial charge in [-0.3, -0.25) is 9.59 Å². The van der Waals surface area contributed by atoms with Crippen molar-refractivity contribution in [2.45, 2.75) is 25.5 Å². The zero-order valence-corrected chi connectivity index (χ0v) is 16.2. The molecular formula is C18H17ClN4O3S. The lowest BCUT2D eigenvalue weighted by Crippen LogP contribution is -2.28. The molecule has 1 aliphatic heterocycles. The molecule has 0 spiro atoms. The van der Waals surface area contributed by atoms with Gasteiger partial charge in [-0.25, -0.2) is 0 Å². The number of benzene rings is 1. The van der Waals surface area contributed by atoms with Crippen molar-refractivity contribution in [1.82, 2.24) is 5.32 Å². The van der Waals surface area contributed by atoms with Crippen LogP contribution < -0.4 is 10.6 Å². The fourth-order valence-corrected chi connectivity index (χ4v) is 3.39. The Balaban J connectivity index is 1.58. The topological polar surface area (TPSA) is 96.1 Å². The zero-order chi connectivity index (χ0) is 19.4. The normalized spacial score (nSPS) is 18.6. The fraction of sp³-hybridized carbons (Fsp3) is 0.222. The van der Waals surface area contributed by atoms with E-state index in [1.807, 2.05) is 13.0 Å². The van der Waals surface area contributed by atoms with Crippen molar-refractivity contribution in [3.8, 4) is 0 Å². The van der Waals surface area contributed by atoms with Gasteiger partial charge in [0.25, 0.3) is 0 Å². The Bertz CT molecular complexity index is 925. The molecule has 0 saturated carbocycles. The van der Waals surface area contributed by atoms with Crippen LogP contribution in [-0.4, -0.2) is 27.9 Å². The summed E-state index contributed by atoms with van der Waals surface area (Å²) in [5.74, 6) is 0.0436. The van der Waals surface area contributed by atoms with Crippen molar-refractivity contribution in [2.75, 3.05) is 5.32 Å². The Morgan fingerprint density at radius 3 is 2.93 bits per heavy atom. The van der Waals surface area contributed by atoms with E-state index in [1.165, 1.54) is 11.8 Å². The highest BCUT2D eigenvalue weighted by atomic mass is 35.5. The molecule has 1 atom stereocenters. The number of nitrogens with one attached hydrogen (secondary N) is 2. The largest absolute Gasteiger partial charge is 0.463 e. The zero-order valence-electron chi connectivity index (χ0n) is 14.7. The summed E-state index contributed by atoms with van der Waals surface area (Å²) in [7, 11) is 0. The van der Waals surface area contributed by atoms with Crippen LogP contribution in [0.5, 0.6) is 0 Å². The molecular weight excluding hydrogens is 388 g/mol. The Morgan fingerprint density at radius 2 is 2.22 bits per heavy atom. The van der Waals surface area contributed by atoms with Crippen LogP contribution in [0, 0.1) is 6.92 Å². The molecule has 2 heterocycles. The van der Waals surface area contributed by atoms with E-state index in [9.17, 15) is 9.59 Å². The van der Waals surface area contributed by atoms with Crippen molar-refractivity contribution in [2.24, 2.45) is 10.2 Å². The van der Waals surface area contributed by atoms with Gasteiger partial charge in [-0.15, -0.1) is 10.2 Å². The van der Waals surface area contributed by atoms with Gasteiger partial charge in [-0.05, 0) is 43.7 Å². The van der Waals surface area contributed by atoms with Crippen LogP contribution in [0.1, 0.15) is 24.7 Å². The maximum atomic E-state index is 12.2. The summed E-state index contributed by atoms with van der Waals surface area (Å²) < 4.78 is 5.22. The maximum absolute atomic E-state index is 12.2. The molecule has 2 aromatic rings. The summed E-state index contributed by atoms with van der Waals surface area (Å²) in [4.78, 5) is 24.3. The Hall–Kier alpha value is -2.58. The molecule has 0 radical (unpaired) electrons. The van der Waals surface area contributed by atoms with Crippen molar-refractivity contribution in [1.29, 1.82) is 0 Å². The number of hydrogen-bond donors (Lipinski definition) is 2. The molecule has 1 aromatic carbocycles. The Labute approximate surface area is 165 Å².